The normalized spacial score (nSPS) is 17.4. The minimum Gasteiger partial charge on any atom is -0.372 e. The molecule has 0 radical (unpaired) electrons. The zero-order chi connectivity index (χ0) is 22.9. The van der Waals surface area contributed by atoms with E-state index in [1.165, 1.54) is 10.9 Å². The van der Waals surface area contributed by atoms with Crippen molar-refractivity contribution in [2.24, 2.45) is 0 Å². The van der Waals surface area contributed by atoms with Gasteiger partial charge in [0, 0.05) is 38.3 Å². The van der Waals surface area contributed by atoms with Crippen LogP contribution in [0.3, 0.4) is 0 Å². The van der Waals surface area contributed by atoms with Crippen molar-refractivity contribution in [2.75, 3.05) is 5.32 Å². The zero-order valence-electron chi connectivity index (χ0n) is 17.9. The van der Waals surface area contributed by atoms with Crippen molar-refractivity contribution in [3.63, 3.8) is 0 Å². The summed E-state index contributed by atoms with van der Waals surface area (Å²) < 4.78 is 2.48. The van der Waals surface area contributed by atoms with Crippen LogP contribution in [-0.2, 0) is 17.9 Å². The molecule has 1 amide bonds. The number of nitrogens with zero attached hydrogens (tertiary/aromatic N) is 3. The highest BCUT2D eigenvalue weighted by molar-refractivity contribution is 7.19. The van der Waals surface area contributed by atoms with Gasteiger partial charge in [0.15, 0.2) is 0 Å². The molecule has 4 aromatic rings. The van der Waals surface area contributed by atoms with Gasteiger partial charge in [0.05, 0.1) is 24.6 Å². The van der Waals surface area contributed by atoms with E-state index in [0.717, 1.165) is 32.6 Å². The smallest absolute Gasteiger partial charge is 0.277 e. The standard InChI is InChI=1S/C24H22ClN5O2S/c1-14-8-19(15-2-4-17(25)5-3-15)29-23-22(14)28-13-30(24(23)32)12-21(31)27-11-18-9-16-10-26-7-6-20(16)33-18/h2-7,9-10,13-14,19,29H,8,11-12H2,1H3,(H,27,31)/t14-,19-/m0/s1. The average Bonchev–Trinajstić information content (AvgIpc) is 3.23. The molecule has 1 aromatic carbocycles. The third-order valence-electron chi connectivity index (χ3n) is 5.86. The number of pyridine rings is 1. The number of fused-ring (bicyclic) bond motifs is 2. The molecule has 0 spiro atoms. The van der Waals surface area contributed by atoms with Crippen molar-refractivity contribution in [2.45, 2.75) is 38.4 Å². The quantitative estimate of drug-likeness (QED) is 0.440. The van der Waals surface area contributed by atoms with E-state index in [0.29, 0.717) is 17.3 Å². The van der Waals surface area contributed by atoms with Crippen molar-refractivity contribution >= 4 is 44.6 Å². The molecule has 7 nitrogen and oxygen atoms in total. The van der Waals surface area contributed by atoms with Crippen molar-refractivity contribution in [1.29, 1.82) is 0 Å². The number of hydrogen-bond acceptors (Lipinski definition) is 6. The third kappa shape index (κ3) is 4.49. The fraction of sp³-hybridized carbons (Fsp3) is 0.250. The summed E-state index contributed by atoms with van der Waals surface area (Å²) in [6.07, 6.45) is 5.84. The Bertz CT molecular complexity index is 1350. The van der Waals surface area contributed by atoms with E-state index in [-0.39, 0.29) is 30.0 Å². The number of aromatic nitrogens is 3. The first kappa shape index (κ1) is 21.6. The lowest BCUT2D eigenvalue weighted by molar-refractivity contribution is -0.121. The van der Waals surface area contributed by atoms with Crippen LogP contribution in [0.25, 0.3) is 10.1 Å². The summed E-state index contributed by atoms with van der Waals surface area (Å²) in [5.74, 6) is -0.131. The highest BCUT2D eigenvalue weighted by Gasteiger charge is 2.28. The molecule has 1 aliphatic rings. The van der Waals surface area contributed by atoms with Crippen molar-refractivity contribution in [3.05, 3.63) is 86.6 Å². The number of rotatable bonds is 5. The first-order valence-electron chi connectivity index (χ1n) is 10.7. The molecular weight excluding hydrogens is 458 g/mol. The molecule has 3 aromatic heterocycles. The highest BCUT2D eigenvalue weighted by atomic mass is 35.5. The second-order valence-corrected chi connectivity index (χ2v) is 9.83. The van der Waals surface area contributed by atoms with E-state index in [9.17, 15) is 9.59 Å². The van der Waals surface area contributed by atoms with E-state index in [4.69, 9.17) is 11.6 Å². The van der Waals surface area contributed by atoms with Gasteiger partial charge in [-0.15, -0.1) is 11.3 Å². The largest absolute Gasteiger partial charge is 0.372 e. The SMILES string of the molecule is C[C@H]1C[C@@H](c2ccc(Cl)cc2)Nc2c1ncn(CC(=O)NCc1cc3cnccc3s1)c2=O. The minimum absolute atomic E-state index is 0.0219. The van der Waals surface area contributed by atoms with Gasteiger partial charge < -0.3 is 10.6 Å². The molecule has 0 unspecified atom stereocenters. The maximum atomic E-state index is 13.2. The predicted octanol–water partition coefficient (Wildman–Crippen LogP) is 4.48. The summed E-state index contributed by atoms with van der Waals surface area (Å²) in [7, 11) is 0. The van der Waals surface area contributed by atoms with Gasteiger partial charge in [0.2, 0.25) is 5.91 Å². The number of carbonyl (C=O) groups is 1. The van der Waals surface area contributed by atoms with Crippen LogP contribution in [0.1, 0.15) is 41.4 Å². The van der Waals surface area contributed by atoms with Crippen LogP contribution < -0.4 is 16.2 Å². The number of benzene rings is 1. The van der Waals surface area contributed by atoms with Gasteiger partial charge >= 0.3 is 0 Å². The minimum atomic E-state index is -0.243. The van der Waals surface area contributed by atoms with E-state index in [2.05, 4.69) is 27.5 Å². The molecule has 2 N–H and O–H groups in total. The maximum absolute atomic E-state index is 13.2. The molecule has 2 atom stereocenters. The van der Waals surface area contributed by atoms with Crippen LogP contribution in [0.4, 0.5) is 5.69 Å². The Kier molecular flexibility index (Phi) is 5.86. The molecule has 1 aliphatic heterocycles. The lowest BCUT2D eigenvalue weighted by atomic mass is 9.89. The molecule has 33 heavy (non-hydrogen) atoms. The molecule has 9 heteroatoms. The molecule has 0 bridgehead atoms. The molecular formula is C24H22ClN5O2S. The van der Waals surface area contributed by atoms with Gasteiger partial charge in [0.1, 0.15) is 12.2 Å². The Morgan fingerprint density at radius 3 is 2.91 bits per heavy atom. The fourth-order valence-corrected chi connectivity index (χ4v) is 5.26. The molecule has 0 fully saturated rings. The summed E-state index contributed by atoms with van der Waals surface area (Å²) in [5.41, 5.74) is 2.01. The van der Waals surface area contributed by atoms with Crippen LogP contribution >= 0.6 is 22.9 Å². The highest BCUT2D eigenvalue weighted by Crippen LogP contribution is 2.37. The van der Waals surface area contributed by atoms with Crippen LogP contribution in [-0.4, -0.2) is 20.4 Å². The molecule has 0 aliphatic carbocycles. The number of hydrogen-bond donors (Lipinski definition) is 2. The molecule has 0 saturated heterocycles. The van der Waals surface area contributed by atoms with Crippen LogP contribution in [0.2, 0.25) is 5.02 Å². The molecule has 5 rings (SSSR count). The average molecular weight is 480 g/mol. The first-order chi connectivity index (χ1) is 16.0. The van der Waals surface area contributed by atoms with Crippen LogP contribution in [0, 0.1) is 0 Å². The van der Waals surface area contributed by atoms with Gasteiger partial charge in [-0.05, 0) is 36.2 Å². The predicted molar refractivity (Wildman–Crippen MR) is 131 cm³/mol. The summed E-state index contributed by atoms with van der Waals surface area (Å²) >= 11 is 7.63. The van der Waals surface area contributed by atoms with Gasteiger partial charge in [-0.3, -0.25) is 19.1 Å². The Balaban J connectivity index is 1.30. The van der Waals surface area contributed by atoms with E-state index < -0.39 is 0 Å². The van der Waals surface area contributed by atoms with Crippen molar-refractivity contribution in [1.82, 2.24) is 19.9 Å². The van der Waals surface area contributed by atoms with E-state index in [1.54, 1.807) is 23.7 Å². The number of amides is 1. The first-order valence-corrected chi connectivity index (χ1v) is 11.9. The fourth-order valence-electron chi connectivity index (χ4n) is 4.16. The van der Waals surface area contributed by atoms with E-state index in [1.807, 2.05) is 36.4 Å². The maximum Gasteiger partial charge on any atom is 0.277 e. The number of halogens is 1. The second-order valence-electron chi connectivity index (χ2n) is 8.23. The van der Waals surface area contributed by atoms with Crippen LogP contribution in [0.5, 0.6) is 0 Å². The van der Waals surface area contributed by atoms with Gasteiger partial charge in [-0.2, -0.15) is 0 Å². The second kappa shape index (κ2) is 8.96. The Morgan fingerprint density at radius 1 is 1.30 bits per heavy atom. The van der Waals surface area contributed by atoms with Crippen molar-refractivity contribution in [3.8, 4) is 0 Å². The molecule has 0 saturated carbocycles. The monoisotopic (exact) mass is 479 g/mol. The summed E-state index contributed by atoms with van der Waals surface area (Å²) in [5, 5.41) is 7.96. The molecule has 168 valence electrons. The van der Waals surface area contributed by atoms with E-state index >= 15 is 0 Å². The lowest BCUT2D eigenvalue weighted by Gasteiger charge is -2.30. The Morgan fingerprint density at radius 2 is 2.12 bits per heavy atom. The topological polar surface area (TPSA) is 88.9 Å². The number of anilines is 1. The Hall–Kier alpha value is -3.23. The van der Waals surface area contributed by atoms with Gasteiger partial charge in [-0.1, -0.05) is 30.7 Å². The van der Waals surface area contributed by atoms with Crippen molar-refractivity contribution < 1.29 is 4.79 Å². The zero-order valence-corrected chi connectivity index (χ0v) is 19.5. The number of nitrogens with one attached hydrogen (secondary N) is 2. The van der Waals surface area contributed by atoms with Gasteiger partial charge in [0.25, 0.3) is 5.56 Å². The summed E-state index contributed by atoms with van der Waals surface area (Å²) in [6.45, 7) is 2.37. The summed E-state index contributed by atoms with van der Waals surface area (Å²) in [4.78, 5) is 35.4. The summed E-state index contributed by atoms with van der Waals surface area (Å²) in [6, 6.07) is 11.6. The lowest BCUT2D eigenvalue weighted by Crippen LogP contribution is -2.36. The van der Waals surface area contributed by atoms with Crippen LogP contribution in [0.15, 0.2) is 59.9 Å². The number of carbonyl (C=O) groups excluding carboxylic acids is 1. The molecule has 4 heterocycles. The number of thiophene rings is 1. The third-order valence-corrected chi connectivity index (χ3v) is 7.22. The Labute approximate surface area is 199 Å². The van der Waals surface area contributed by atoms with Gasteiger partial charge in [-0.25, -0.2) is 4.98 Å².